The smallest absolute Gasteiger partial charge is 0.428 e. The fourth-order valence-electron chi connectivity index (χ4n) is 1.13. The lowest BCUT2D eigenvalue weighted by Gasteiger charge is -2.15. The van der Waals surface area contributed by atoms with Gasteiger partial charge in [0.15, 0.2) is 0 Å². The van der Waals surface area contributed by atoms with Crippen LogP contribution in [0.25, 0.3) is 0 Å². The SMILES string of the molecule is CCOCCO[C](OCC)Oc1ccccc1. The summed E-state index contributed by atoms with van der Waals surface area (Å²) < 4.78 is 21.2. The van der Waals surface area contributed by atoms with Crippen LogP contribution in [0.15, 0.2) is 30.3 Å². The molecule has 0 amide bonds. The van der Waals surface area contributed by atoms with Crippen molar-refractivity contribution in [2.45, 2.75) is 13.8 Å². The second-order valence-corrected chi connectivity index (χ2v) is 3.14. The van der Waals surface area contributed by atoms with Crippen molar-refractivity contribution in [3.63, 3.8) is 0 Å². The zero-order valence-electron chi connectivity index (χ0n) is 10.3. The van der Waals surface area contributed by atoms with Gasteiger partial charge < -0.3 is 18.9 Å². The predicted octanol–water partition coefficient (Wildman–Crippen LogP) is 2.60. The van der Waals surface area contributed by atoms with Gasteiger partial charge in [-0.1, -0.05) is 18.2 Å². The lowest BCUT2D eigenvalue weighted by atomic mass is 10.3. The van der Waals surface area contributed by atoms with Crippen molar-refractivity contribution in [1.82, 2.24) is 0 Å². The van der Waals surface area contributed by atoms with E-state index in [1.54, 1.807) is 0 Å². The van der Waals surface area contributed by atoms with E-state index in [4.69, 9.17) is 18.9 Å². The first-order valence-corrected chi connectivity index (χ1v) is 5.80. The van der Waals surface area contributed by atoms with Gasteiger partial charge in [0.1, 0.15) is 5.75 Å². The third-order valence-corrected chi connectivity index (χ3v) is 1.86. The Hall–Kier alpha value is -1.10. The lowest BCUT2D eigenvalue weighted by Crippen LogP contribution is -2.18. The fourth-order valence-corrected chi connectivity index (χ4v) is 1.13. The second-order valence-electron chi connectivity index (χ2n) is 3.14. The number of hydrogen-bond donors (Lipinski definition) is 0. The summed E-state index contributed by atoms with van der Waals surface area (Å²) in [6.07, 6.45) is 0. The minimum absolute atomic E-state index is 0.165. The Balaban J connectivity index is 2.32. The fraction of sp³-hybridized carbons (Fsp3) is 0.462. The summed E-state index contributed by atoms with van der Waals surface area (Å²) in [4.78, 5) is 0. The molecule has 0 aromatic heterocycles. The molecule has 0 aliphatic rings. The molecule has 0 spiro atoms. The number of para-hydroxylation sites is 1. The van der Waals surface area contributed by atoms with Gasteiger partial charge in [0, 0.05) is 6.61 Å². The molecule has 0 unspecified atom stereocenters. The zero-order chi connectivity index (χ0) is 12.3. The summed E-state index contributed by atoms with van der Waals surface area (Å²) >= 11 is 0. The Morgan fingerprint density at radius 1 is 0.941 bits per heavy atom. The highest BCUT2D eigenvalue weighted by molar-refractivity contribution is 5.21. The van der Waals surface area contributed by atoms with Gasteiger partial charge in [-0.15, -0.1) is 0 Å². The molecule has 1 aromatic rings. The van der Waals surface area contributed by atoms with E-state index in [9.17, 15) is 0 Å². The molecule has 4 nitrogen and oxygen atoms in total. The van der Waals surface area contributed by atoms with Crippen LogP contribution in [0.1, 0.15) is 13.8 Å². The topological polar surface area (TPSA) is 36.9 Å². The summed E-state index contributed by atoms with van der Waals surface area (Å²) in [7, 11) is 0. The van der Waals surface area contributed by atoms with Crippen LogP contribution in [-0.2, 0) is 14.2 Å². The standard InChI is InChI=1S/C13H19O4/c1-3-14-10-11-16-13(15-4-2)17-12-8-6-5-7-9-12/h5-9H,3-4,10-11H2,1-2H3. The van der Waals surface area contributed by atoms with E-state index in [1.807, 2.05) is 44.2 Å². The maximum absolute atomic E-state index is 5.45. The van der Waals surface area contributed by atoms with Gasteiger partial charge in [-0.2, -0.15) is 0 Å². The van der Waals surface area contributed by atoms with Crippen molar-refractivity contribution in [3.8, 4) is 5.75 Å². The molecule has 0 aliphatic heterocycles. The van der Waals surface area contributed by atoms with Crippen LogP contribution < -0.4 is 4.74 Å². The van der Waals surface area contributed by atoms with E-state index < -0.39 is 0 Å². The Morgan fingerprint density at radius 3 is 2.35 bits per heavy atom. The van der Waals surface area contributed by atoms with E-state index in [0.29, 0.717) is 32.2 Å². The van der Waals surface area contributed by atoms with Crippen LogP contribution in [0.2, 0.25) is 0 Å². The normalized spacial score (nSPS) is 10.8. The average molecular weight is 239 g/mol. The summed E-state index contributed by atoms with van der Waals surface area (Å²) in [5.41, 5.74) is 0. The van der Waals surface area contributed by atoms with E-state index in [2.05, 4.69) is 0 Å². The van der Waals surface area contributed by atoms with Gasteiger partial charge in [-0.3, -0.25) is 0 Å². The summed E-state index contributed by atoms with van der Waals surface area (Å²) in [6, 6.07) is 9.37. The van der Waals surface area contributed by atoms with Gasteiger partial charge in [-0.05, 0) is 26.0 Å². The predicted molar refractivity (Wildman–Crippen MR) is 64.4 cm³/mol. The van der Waals surface area contributed by atoms with E-state index in [-0.39, 0.29) is 6.48 Å². The Kier molecular flexibility index (Phi) is 7.38. The van der Waals surface area contributed by atoms with Crippen molar-refractivity contribution in [2.75, 3.05) is 26.4 Å². The van der Waals surface area contributed by atoms with Crippen LogP contribution in [0.5, 0.6) is 5.75 Å². The van der Waals surface area contributed by atoms with Crippen LogP contribution in [0.4, 0.5) is 0 Å². The molecular formula is C13H19O4. The minimum atomic E-state index is 0.165. The molecule has 17 heavy (non-hydrogen) atoms. The molecule has 0 saturated heterocycles. The molecule has 95 valence electrons. The molecule has 1 aromatic carbocycles. The van der Waals surface area contributed by atoms with Crippen molar-refractivity contribution in [3.05, 3.63) is 36.8 Å². The van der Waals surface area contributed by atoms with Crippen molar-refractivity contribution in [2.24, 2.45) is 0 Å². The summed E-state index contributed by atoms with van der Waals surface area (Å²) in [6.45, 7) is 6.08. The average Bonchev–Trinajstić information content (AvgIpc) is 2.36. The van der Waals surface area contributed by atoms with Crippen LogP contribution in [-0.4, -0.2) is 26.4 Å². The van der Waals surface area contributed by atoms with E-state index >= 15 is 0 Å². The maximum Gasteiger partial charge on any atom is 0.428 e. The van der Waals surface area contributed by atoms with Crippen LogP contribution in [0.3, 0.4) is 0 Å². The highest BCUT2D eigenvalue weighted by Gasteiger charge is 2.14. The molecule has 0 bridgehead atoms. The molecule has 0 heterocycles. The number of hydrogen-bond acceptors (Lipinski definition) is 4. The third kappa shape index (κ3) is 6.26. The molecule has 0 fully saturated rings. The number of rotatable bonds is 9. The molecule has 0 saturated carbocycles. The molecular weight excluding hydrogens is 220 g/mol. The van der Waals surface area contributed by atoms with Crippen molar-refractivity contribution >= 4 is 0 Å². The largest absolute Gasteiger partial charge is 0.432 e. The van der Waals surface area contributed by atoms with E-state index in [1.165, 1.54) is 0 Å². The zero-order valence-corrected chi connectivity index (χ0v) is 10.3. The monoisotopic (exact) mass is 239 g/mol. The minimum Gasteiger partial charge on any atom is -0.432 e. The highest BCUT2D eigenvalue weighted by Crippen LogP contribution is 2.16. The number of benzene rings is 1. The van der Waals surface area contributed by atoms with E-state index in [0.717, 1.165) is 0 Å². The molecule has 1 radical (unpaired) electrons. The Labute approximate surface area is 102 Å². The first kappa shape index (κ1) is 14.0. The number of ether oxygens (including phenoxy) is 4. The quantitative estimate of drug-likeness (QED) is 0.621. The third-order valence-electron chi connectivity index (χ3n) is 1.86. The molecule has 0 N–H and O–H groups in total. The first-order chi connectivity index (χ1) is 8.36. The van der Waals surface area contributed by atoms with Gasteiger partial charge in [-0.25, -0.2) is 0 Å². The molecule has 4 heteroatoms. The lowest BCUT2D eigenvalue weighted by molar-refractivity contribution is -0.147. The van der Waals surface area contributed by atoms with Gasteiger partial charge >= 0.3 is 6.48 Å². The maximum atomic E-state index is 5.45. The highest BCUT2D eigenvalue weighted by atomic mass is 16.8. The summed E-state index contributed by atoms with van der Waals surface area (Å²) in [5.74, 6) is 0.687. The molecule has 0 atom stereocenters. The first-order valence-electron chi connectivity index (χ1n) is 5.80. The van der Waals surface area contributed by atoms with Crippen molar-refractivity contribution in [1.29, 1.82) is 0 Å². The van der Waals surface area contributed by atoms with Crippen LogP contribution in [0, 0.1) is 6.48 Å². The van der Waals surface area contributed by atoms with Crippen LogP contribution >= 0.6 is 0 Å². The molecule has 0 aliphatic carbocycles. The second kappa shape index (κ2) is 8.98. The summed E-state index contributed by atoms with van der Waals surface area (Å²) in [5, 5.41) is 0. The van der Waals surface area contributed by atoms with Gasteiger partial charge in [0.25, 0.3) is 0 Å². The molecule has 1 rings (SSSR count). The van der Waals surface area contributed by atoms with Gasteiger partial charge in [0.2, 0.25) is 0 Å². The van der Waals surface area contributed by atoms with Crippen molar-refractivity contribution < 1.29 is 18.9 Å². The van der Waals surface area contributed by atoms with Gasteiger partial charge in [0.05, 0.1) is 19.8 Å². The Bertz CT molecular complexity index is 276. The Morgan fingerprint density at radius 2 is 1.71 bits per heavy atom.